The molecule has 1 amide bonds. The van der Waals surface area contributed by atoms with Crippen LogP contribution in [0.15, 0.2) is 40.9 Å². The third kappa shape index (κ3) is 3.08. The molecule has 0 atom stereocenters. The second kappa shape index (κ2) is 5.92. The number of anilines is 3. The lowest BCUT2D eigenvalue weighted by Gasteiger charge is -2.11. The topological polar surface area (TPSA) is 67.2 Å². The van der Waals surface area contributed by atoms with Crippen LogP contribution < -0.4 is 16.4 Å². The van der Waals surface area contributed by atoms with Gasteiger partial charge in [-0.05, 0) is 52.3 Å². The molecule has 104 valence electrons. The van der Waals surface area contributed by atoms with Crippen LogP contribution >= 0.6 is 15.9 Å². The molecule has 0 fully saturated rings. The van der Waals surface area contributed by atoms with Crippen LogP contribution in [0.5, 0.6) is 0 Å². The number of rotatable bonds is 3. The molecule has 0 radical (unpaired) electrons. The maximum atomic E-state index is 13.2. The Morgan fingerprint density at radius 2 is 2.00 bits per heavy atom. The summed E-state index contributed by atoms with van der Waals surface area (Å²) in [5, 5.41) is 5.60. The van der Waals surface area contributed by atoms with Gasteiger partial charge >= 0.3 is 0 Å². The van der Waals surface area contributed by atoms with Gasteiger partial charge in [-0.3, -0.25) is 4.79 Å². The molecule has 0 spiro atoms. The molecule has 0 aliphatic heterocycles. The third-order valence-corrected chi connectivity index (χ3v) is 3.35. The number of carbonyl (C=O) groups excluding carboxylic acids is 1. The smallest absolute Gasteiger partial charge is 0.251 e. The number of nitrogen functional groups attached to an aromatic ring is 1. The normalized spacial score (nSPS) is 10.2. The van der Waals surface area contributed by atoms with Crippen molar-refractivity contribution in [2.24, 2.45) is 0 Å². The first kappa shape index (κ1) is 14.3. The van der Waals surface area contributed by atoms with Crippen LogP contribution in [-0.2, 0) is 0 Å². The van der Waals surface area contributed by atoms with Gasteiger partial charge in [-0.25, -0.2) is 4.39 Å². The summed E-state index contributed by atoms with van der Waals surface area (Å²) in [6.07, 6.45) is 0. The monoisotopic (exact) mass is 337 g/mol. The molecule has 20 heavy (non-hydrogen) atoms. The first-order valence-electron chi connectivity index (χ1n) is 5.85. The maximum absolute atomic E-state index is 13.2. The molecule has 4 N–H and O–H groups in total. The van der Waals surface area contributed by atoms with Crippen LogP contribution in [0.1, 0.15) is 10.4 Å². The molecule has 0 saturated heterocycles. The largest absolute Gasteiger partial charge is 0.397 e. The van der Waals surface area contributed by atoms with Gasteiger partial charge in [0.1, 0.15) is 5.82 Å². The number of halogens is 2. The van der Waals surface area contributed by atoms with Crippen LogP contribution in [0.3, 0.4) is 0 Å². The number of carbonyl (C=O) groups is 1. The number of amides is 1. The summed E-state index contributed by atoms with van der Waals surface area (Å²) in [6.45, 7) is 0. The van der Waals surface area contributed by atoms with Gasteiger partial charge in [0.25, 0.3) is 5.91 Å². The predicted molar refractivity (Wildman–Crippen MR) is 81.6 cm³/mol. The molecule has 2 rings (SSSR count). The van der Waals surface area contributed by atoms with Crippen LogP contribution in [0, 0.1) is 5.82 Å². The van der Waals surface area contributed by atoms with Gasteiger partial charge in [-0.2, -0.15) is 0 Å². The van der Waals surface area contributed by atoms with E-state index in [0.29, 0.717) is 27.1 Å². The molecular weight excluding hydrogens is 325 g/mol. The van der Waals surface area contributed by atoms with Gasteiger partial charge in [0, 0.05) is 18.3 Å². The van der Waals surface area contributed by atoms with Gasteiger partial charge in [0.15, 0.2) is 0 Å². The molecule has 0 unspecified atom stereocenters. The van der Waals surface area contributed by atoms with Crippen LogP contribution in [0.4, 0.5) is 21.5 Å². The van der Waals surface area contributed by atoms with Crippen molar-refractivity contribution in [3.05, 3.63) is 52.3 Å². The lowest BCUT2D eigenvalue weighted by molar-refractivity contribution is 0.0963. The standard InChI is InChI=1S/C14H13BrFN3O/c1-18-14(20)8-2-5-12(17)13(6-8)19-9-3-4-11(16)10(15)7-9/h2-7,19H,17H2,1H3,(H,18,20). The maximum Gasteiger partial charge on any atom is 0.251 e. The number of hydrogen-bond acceptors (Lipinski definition) is 3. The lowest BCUT2D eigenvalue weighted by Crippen LogP contribution is -2.17. The van der Waals surface area contributed by atoms with Gasteiger partial charge in [-0.15, -0.1) is 0 Å². The van der Waals surface area contributed by atoms with Crippen molar-refractivity contribution in [1.82, 2.24) is 5.32 Å². The van der Waals surface area contributed by atoms with E-state index >= 15 is 0 Å². The highest BCUT2D eigenvalue weighted by Crippen LogP contribution is 2.27. The number of hydrogen-bond donors (Lipinski definition) is 3. The zero-order chi connectivity index (χ0) is 14.7. The van der Waals surface area contributed by atoms with Crippen LogP contribution in [-0.4, -0.2) is 13.0 Å². The van der Waals surface area contributed by atoms with E-state index in [1.54, 1.807) is 37.4 Å². The van der Waals surface area contributed by atoms with Crippen molar-refractivity contribution in [2.75, 3.05) is 18.1 Å². The minimum Gasteiger partial charge on any atom is -0.397 e. The fourth-order valence-electron chi connectivity index (χ4n) is 1.68. The Morgan fingerprint density at radius 1 is 1.25 bits per heavy atom. The molecule has 4 nitrogen and oxygen atoms in total. The molecule has 0 bridgehead atoms. The quantitative estimate of drug-likeness (QED) is 0.753. The fourth-order valence-corrected chi connectivity index (χ4v) is 2.06. The molecule has 6 heteroatoms. The Morgan fingerprint density at radius 3 is 2.65 bits per heavy atom. The van der Waals surface area contributed by atoms with Gasteiger partial charge in [0.2, 0.25) is 0 Å². The van der Waals surface area contributed by atoms with Gasteiger partial charge in [-0.1, -0.05) is 0 Å². The number of nitrogens with one attached hydrogen (secondary N) is 2. The van der Waals surface area contributed by atoms with Crippen LogP contribution in [0.25, 0.3) is 0 Å². The second-order valence-electron chi connectivity index (χ2n) is 4.14. The Kier molecular flexibility index (Phi) is 4.24. The SMILES string of the molecule is CNC(=O)c1ccc(N)c(Nc2ccc(F)c(Br)c2)c1. The molecule has 2 aromatic rings. The van der Waals surface area contributed by atoms with Crippen molar-refractivity contribution >= 4 is 38.9 Å². The van der Waals surface area contributed by atoms with Crippen molar-refractivity contribution in [3.63, 3.8) is 0 Å². The second-order valence-corrected chi connectivity index (χ2v) is 4.99. The van der Waals surface area contributed by atoms with E-state index in [1.165, 1.54) is 6.07 Å². The number of nitrogens with two attached hydrogens (primary N) is 1. The molecule has 0 aliphatic carbocycles. The summed E-state index contributed by atoms with van der Waals surface area (Å²) in [7, 11) is 1.56. The third-order valence-electron chi connectivity index (χ3n) is 2.74. The zero-order valence-corrected chi connectivity index (χ0v) is 12.3. The highest BCUT2D eigenvalue weighted by atomic mass is 79.9. The van der Waals surface area contributed by atoms with Gasteiger partial charge < -0.3 is 16.4 Å². The van der Waals surface area contributed by atoms with E-state index in [1.807, 2.05) is 0 Å². The van der Waals surface area contributed by atoms with E-state index in [0.717, 1.165) is 0 Å². The fraction of sp³-hybridized carbons (Fsp3) is 0.0714. The number of benzene rings is 2. The Hall–Kier alpha value is -2.08. The highest BCUT2D eigenvalue weighted by molar-refractivity contribution is 9.10. The average Bonchev–Trinajstić information content (AvgIpc) is 2.44. The summed E-state index contributed by atoms with van der Waals surface area (Å²) in [5.41, 5.74) is 8.11. The first-order chi connectivity index (χ1) is 9.51. The Bertz CT molecular complexity index is 661. The first-order valence-corrected chi connectivity index (χ1v) is 6.64. The van der Waals surface area contributed by atoms with E-state index in [4.69, 9.17) is 5.73 Å². The Labute approximate surface area is 124 Å². The summed E-state index contributed by atoms with van der Waals surface area (Å²) in [4.78, 5) is 11.6. The molecule has 0 aliphatic rings. The van der Waals surface area contributed by atoms with E-state index < -0.39 is 0 Å². The van der Waals surface area contributed by atoms with Crippen molar-refractivity contribution in [1.29, 1.82) is 0 Å². The summed E-state index contributed by atoms with van der Waals surface area (Å²) in [6, 6.07) is 9.45. The molecule has 0 saturated carbocycles. The minimum atomic E-state index is -0.345. The minimum absolute atomic E-state index is 0.201. The molecule has 0 aromatic heterocycles. The predicted octanol–water partition coefficient (Wildman–Crippen LogP) is 3.27. The zero-order valence-electron chi connectivity index (χ0n) is 10.7. The van der Waals surface area contributed by atoms with E-state index in [2.05, 4.69) is 26.6 Å². The highest BCUT2D eigenvalue weighted by Gasteiger charge is 2.08. The van der Waals surface area contributed by atoms with Gasteiger partial charge in [0.05, 0.1) is 15.8 Å². The van der Waals surface area contributed by atoms with Crippen LogP contribution in [0.2, 0.25) is 0 Å². The van der Waals surface area contributed by atoms with E-state index in [9.17, 15) is 9.18 Å². The van der Waals surface area contributed by atoms with Crippen molar-refractivity contribution in [2.45, 2.75) is 0 Å². The Balaban J connectivity index is 2.32. The molecular formula is C14H13BrFN3O. The molecule has 0 heterocycles. The summed E-state index contributed by atoms with van der Waals surface area (Å²) in [5.74, 6) is -0.545. The summed E-state index contributed by atoms with van der Waals surface area (Å²) < 4.78 is 13.5. The molecule has 2 aromatic carbocycles. The van der Waals surface area contributed by atoms with Crippen molar-refractivity contribution < 1.29 is 9.18 Å². The summed E-state index contributed by atoms with van der Waals surface area (Å²) >= 11 is 3.12. The van der Waals surface area contributed by atoms with E-state index in [-0.39, 0.29) is 11.7 Å². The lowest BCUT2D eigenvalue weighted by atomic mass is 10.1. The average molecular weight is 338 g/mol. The van der Waals surface area contributed by atoms with Crippen molar-refractivity contribution in [3.8, 4) is 0 Å².